The predicted octanol–water partition coefficient (Wildman–Crippen LogP) is -2.16. The minimum atomic E-state index is -1.51. The van der Waals surface area contributed by atoms with Gasteiger partial charge in [-0.25, -0.2) is 4.79 Å². The molecule has 18 nitrogen and oxygen atoms in total. The summed E-state index contributed by atoms with van der Waals surface area (Å²) in [6.07, 6.45) is -0.736. The number of aliphatic carboxylic acids is 1. The highest BCUT2D eigenvalue weighted by Crippen LogP contribution is 2.22. The number of primary amides is 1. The molecule has 2 saturated heterocycles. The summed E-state index contributed by atoms with van der Waals surface area (Å²) >= 11 is 4.04. The predicted molar refractivity (Wildman–Crippen MR) is 196 cm³/mol. The van der Waals surface area contributed by atoms with Gasteiger partial charge in [0.25, 0.3) is 0 Å². The minimum absolute atomic E-state index is 0.0162. The van der Waals surface area contributed by atoms with Crippen LogP contribution in [0.2, 0.25) is 0 Å². The molecule has 0 aromatic carbocycles. The molecule has 300 valence electrons. The first kappa shape index (κ1) is 45.2. The summed E-state index contributed by atoms with van der Waals surface area (Å²) in [5.41, 5.74) is 11.3. The molecule has 10 N–H and O–H groups in total. The highest BCUT2D eigenvalue weighted by atomic mass is 32.1. The van der Waals surface area contributed by atoms with Crippen molar-refractivity contribution in [2.24, 2.45) is 29.2 Å². The lowest BCUT2D eigenvalue weighted by atomic mass is 9.99. The molecule has 2 aliphatic heterocycles. The van der Waals surface area contributed by atoms with Gasteiger partial charge in [-0.3, -0.25) is 33.6 Å². The van der Waals surface area contributed by atoms with Gasteiger partial charge < -0.3 is 52.7 Å². The fraction of sp³-hybridized carbons (Fsp3) is 0.765. The number of thiol groups is 1. The number of nitrogens with two attached hydrogens (primary N) is 2. The van der Waals surface area contributed by atoms with E-state index in [9.17, 15) is 48.6 Å². The van der Waals surface area contributed by atoms with Gasteiger partial charge in [-0.05, 0) is 43.4 Å². The Morgan fingerprint density at radius 1 is 0.774 bits per heavy atom. The van der Waals surface area contributed by atoms with Gasteiger partial charge in [0.05, 0.1) is 18.6 Å². The van der Waals surface area contributed by atoms with Crippen LogP contribution in [0, 0.1) is 17.8 Å². The SMILES string of the molecule is CC(C)C[C@H](NC(=O)[C@@H]1CCCN1C(=O)[C@H](CC(N)=O)NC(=O)[C@@H](NC(=O)[C@H](CC(C)C)NC(=O)[C@@H]1C[C@@H](O)CN1C(=O)[C@@H](N)CS)C(C)C)C(=O)O. The molecular formula is C34H58N8O10S. The van der Waals surface area contributed by atoms with E-state index in [0.29, 0.717) is 6.42 Å². The first-order valence-corrected chi connectivity index (χ1v) is 18.7. The van der Waals surface area contributed by atoms with Gasteiger partial charge in [0.15, 0.2) is 0 Å². The summed E-state index contributed by atoms with van der Waals surface area (Å²) in [4.78, 5) is 107. The van der Waals surface area contributed by atoms with Crippen molar-refractivity contribution in [3.63, 3.8) is 0 Å². The number of rotatable bonds is 19. The van der Waals surface area contributed by atoms with Crippen molar-refractivity contribution in [1.82, 2.24) is 31.1 Å². The van der Waals surface area contributed by atoms with Crippen LogP contribution in [0.15, 0.2) is 0 Å². The van der Waals surface area contributed by atoms with Crippen LogP contribution >= 0.6 is 12.6 Å². The number of carboxylic acid groups (broad SMARTS) is 1. The Morgan fingerprint density at radius 2 is 1.34 bits per heavy atom. The third-order valence-corrected chi connectivity index (χ3v) is 9.54. The van der Waals surface area contributed by atoms with Crippen molar-refractivity contribution < 1.29 is 48.6 Å². The van der Waals surface area contributed by atoms with Gasteiger partial charge in [-0.1, -0.05) is 41.5 Å². The largest absolute Gasteiger partial charge is 0.480 e. The number of hydrogen-bond donors (Lipinski definition) is 9. The van der Waals surface area contributed by atoms with Crippen LogP contribution in [-0.4, -0.2) is 135 Å². The molecule has 0 aromatic heterocycles. The highest BCUT2D eigenvalue weighted by molar-refractivity contribution is 7.80. The van der Waals surface area contributed by atoms with Crippen molar-refractivity contribution >= 4 is 59.9 Å². The lowest BCUT2D eigenvalue weighted by Crippen LogP contribution is -2.61. The second-order valence-corrected chi connectivity index (χ2v) is 15.4. The smallest absolute Gasteiger partial charge is 0.326 e. The number of nitrogens with zero attached hydrogens (tertiary/aromatic N) is 2. The molecular weight excluding hydrogens is 712 g/mol. The zero-order valence-corrected chi connectivity index (χ0v) is 32.3. The van der Waals surface area contributed by atoms with Gasteiger partial charge in [0.1, 0.15) is 36.3 Å². The molecule has 0 saturated carbocycles. The van der Waals surface area contributed by atoms with Crippen molar-refractivity contribution in [1.29, 1.82) is 0 Å². The van der Waals surface area contributed by atoms with Gasteiger partial charge in [-0.15, -0.1) is 0 Å². The lowest BCUT2D eigenvalue weighted by molar-refractivity contribution is -0.145. The van der Waals surface area contributed by atoms with Crippen LogP contribution in [0.25, 0.3) is 0 Å². The van der Waals surface area contributed by atoms with E-state index in [2.05, 4.69) is 33.9 Å². The molecule has 0 aliphatic carbocycles. The number of aliphatic hydroxyl groups excluding tert-OH is 1. The van der Waals surface area contributed by atoms with E-state index in [1.165, 1.54) is 4.90 Å². The van der Waals surface area contributed by atoms with Crippen molar-refractivity contribution in [3.05, 3.63) is 0 Å². The van der Waals surface area contributed by atoms with E-state index in [1.807, 2.05) is 13.8 Å². The zero-order chi connectivity index (χ0) is 40.3. The van der Waals surface area contributed by atoms with E-state index >= 15 is 0 Å². The van der Waals surface area contributed by atoms with E-state index in [0.717, 1.165) is 4.90 Å². The van der Waals surface area contributed by atoms with Crippen molar-refractivity contribution in [2.75, 3.05) is 18.8 Å². The first-order chi connectivity index (χ1) is 24.7. The summed E-state index contributed by atoms with van der Waals surface area (Å²) in [6.45, 7) is 10.5. The average Bonchev–Trinajstić information content (AvgIpc) is 3.71. The number of nitrogens with one attached hydrogen (secondary N) is 4. The second-order valence-electron chi connectivity index (χ2n) is 15.1. The number of likely N-dealkylation sites (tertiary alicyclic amines) is 2. The number of amides is 7. The van der Waals surface area contributed by atoms with Crippen LogP contribution < -0.4 is 32.7 Å². The van der Waals surface area contributed by atoms with Crippen molar-refractivity contribution in [2.45, 2.75) is 128 Å². The lowest BCUT2D eigenvalue weighted by Gasteiger charge is -2.31. The molecule has 53 heavy (non-hydrogen) atoms. The number of hydrogen-bond acceptors (Lipinski definition) is 11. The molecule has 7 amide bonds. The van der Waals surface area contributed by atoms with E-state index in [-0.39, 0.29) is 56.4 Å². The minimum Gasteiger partial charge on any atom is -0.480 e. The molecule has 0 aromatic rings. The quantitative estimate of drug-likeness (QED) is 0.0638. The summed E-state index contributed by atoms with van der Waals surface area (Å²) in [5.74, 6) is -7.11. The van der Waals surface area contributed by atoms with Gasteiger partial charge in [0.2, 0.25) is 41.4 Å². The van der Waals surface area contributed by atoms with Crippen LogP contribution in [0.4, 0.5) is 0 Å². The Labute approximate surface area is 315 Å². The molecule has 8 atom stereocenters. The summed E-state index contributed by atoms with van der Waals surface area (Å²) in [5, 5.41) is 30.2. The van der Waals surface area contributed by atoms with Gasteiger partial charge in [-0.2, -0.15) is 12.6 Å². The molecule has 19 heteroatoms. The Hall–Kier alpha value is -3.97. The number of β-amino-alcohol motifs (C(OH)–C–C–N with tert-alkyl or cyclic N) is 1. The fourth-order valence-corrected chi connectivity index (χ4v) is 6.64. The van der Waals surface area contributed by atoms with Crippen molar-refractivity contribution in [3.8, 4) is 0 Å². The molecule has 0 radical (unpaired) electrons. The molecule has 2 heterocycles. The first-order valence-electron chi connectivity index (χ1n) is 18.1. The summed E-state index contributed by atoms with van der Waals surface area (Å²) < 4.78 is 0. The van der Waals surface area contributed by atoms with E-state index in [1.54, 1.807) is 27.7 Å². The third-order valence-electron chi connectivity index (χ3n) is 9.15. The highest BCUT2D eigenvalue weighted by Gasteiger charge is 2.43. The number of aliphatic hydroxyl groups is 1. The van der Waals surface area contributed by atoms with Crippen LogP contribution in [0.5, 0.6) is 0 Å². The van der Waals surface area contributed by atoms with Crippen LogP contribution in [-0.2, 0) is 38.4 Å². The van der Waals surface area contributed by atoms with Crippen LogP contribution in [0.3, 0.4) is 0 Å². The summed E-state index contributed by atoms with van der Waals surface area (Å²) in [6, 6.07) is -8.27. The average molecular weight is 771 g/mol. The molecule has 2 fully saturated rings. The monoisotopic (exact) mass is 770 g/mol. The maximum absolute atomic E-state index is 13.8. The standard InChI is InChI=1S/C34H58N8O10S/c1-16(2)10-21(37-30(47)25-12-19(43)14-42(25)32(49)20(35)15-53)28(45)40-27(18(5)6)31(48)38-22(13-26(36)44)33(50)41-9-7-8-24(41)29(46)39-23(34(51)52)11-17(3)4/h16-25,27,43,53H,7-15,35H2,1-6H3,(H2,36,44)(H,37,47)(H,38,48)(H,39,46)(H,40,45)(H,51,52)/t19-,20+,21+,22+,23+,24+,25+,27+/m1/s1. The number of carboxylic acids is 1. The normalized spacial score (nSPS) is 21.5. The molecule has 0 bridgehead atoms. The molecule has 2 aliphatic rings. The summed E-state index contributed by atoms with van der Waals surface area (Å²) in [7, 11) is 0. The molecule has 0 unspecified atom stereocenters. The van der Waals surface area contributed by atoms with Gasteiger partial charge >= 0.3 is 5.97 Å². The third kappa shape index (κ3) is 13.1. The molecule has 2 rings (SSSR count). The van der Waals surface area contributed by atoms with Gasteiger partial charge in [0, 0.05) is 25.3 Å². The zero-order valence-electron chi connectivity index (χ0n) is 31.4. The number of carbonyl (C=O) groups excluding carboxylic acids is 7. The Kier molecular flexibility index (Phi) is 17.5. The maximum Gasteiger partial charge on any atom is 0.326 e. The fourth-order valence-electron chi connectivity index (χ4n) is 6.48. The Balaban J connectivity index is 2.25. The van der Waals surface area contributed by atoms with E-state index < -0.39 is 108 Å². The number of carbonyl (C=O) groups is 8. The Morgan fingerprint density at radius 3 is 1.87 bits per heavy atom. The Bertz CT molecular complexity index is 1360. The van der Waals surface area contributed by atoms with E-state index in [4.69, 9.17) is 11.5 Å². The topological polar surface area (TPSA) is 284 Å². The molecule has 0 spiro atoms. The van der Waals surface area contributed by atoms with Crippen LogP contribution in [0.1, 0.15) is 80.1 Å². The maximum atomic E-state index is 13.8. The second kappa shape index (κ2) is 20.5.